The first kappa shape index (κ1) is 30.6. The van der Waals surface area contributed by atoms with E-state index in [-0.39, 0.29) is 84.1 Å². The summed E-state index contributed by atoms with van der Waals surface area (Å²) in [6.07, 6.45) is 0.249. The summed E-state index contributed by atoms with van der Waals surface area (Å²) in [6, 6.07) is 5.24. The van der Waals surface area contributed by atoms with Crippen LogP contribution in [0, 0.1) is 10.1 Å². The third kappa shape index (κ3) is 11.2. The van der Waals surface area contributed by atoms with E-state index < -0.39 is 34.8 Å². The Balaban J connectivity index is 2.41. The largest absolute Gasteiger partial charge is 0.480 e. The van der Waals surface area contributed by atoms with Gasteiger partial charge in [-0.1, -0.05) is 12.1 Å². The summed E-state index contributed by atoms with van der Waals surface area (Å²) < 4.78 is 0. The SMILES string of the molecule is O=C(O)CN1CCN(CC(=O)O)CCN(CC(=O)O)[C@H](Cc2ccc([N+](=O)[O-])cc2)CN(CC(=O)O)CC1. The number of nitro groups is 1. The van der Waals surface area contributed by atoms with E-state index in [1.165, 1.54) is 12.1 Å². The minimum atomic E-state index is -1.12. The van der Waals surface area contributed by atoms with Crippen molar-refractivity contribution in [1.82, 2.24) is 19.6 Å². The molecule has 0 spiro atoms. The van der Waals surface area contributed by atoms with Crippen LogP contribution in [0.4, 0.5) is 5.69 Å². The molecule has 1 fully saturated rings. The van der Waals surface area contributed by atoms with Gasteiger partial charge in [-0.15, -0.1) is 0 Å². The van der Waals surface area contributed by atoms with Crippen LogP contribution < -0.4 is 0 Å². The predicted molar refractivity (Wildman–Crippen MR) is 132 cm³/mol. The highest BCUT2D eigenvalue weighted by Gasteiger charge is 2.27. The van der Waals surface area contributed by atoms with Gasteiger partial charge in [0.2, 0.25) is 0 Å². The number of aliphatic carboxylic acids is 4. The molecule has 2 rings (SSSR count). The molecule has 0 aliphatic carbocycles. The lowest BCUT2D eigenvalue weighted by molar-refractivity contribution is -0.384. The third-order valence-corrected chi connectivity index (χ3v) is 6.19. The molecule has 0 unspecified atom stereocenters. The van der Waals surface area contributed by atoms with Crippen molar-refractivity contribution in [2.24, 2.45) is 0 Å². The summed E-state index contributed by atoms with van der Waals surface area (Å²) in [6.45, 7) is -0.102. The van der Waals surface area contributed by atoms with Gasteiger partial charge >= 0.3 is 23.9 Å². The summed E-state index contributed by atoms with van der Waals surface area (Å²) in [5, 5.41) is 48.7. The maximum absolute atomic E-state index is 11.7. The van der Waals surface area contributed by atoms with E-state index in [1.807, 2.05) is 0 Å². The Kier molecular flexibility index (Phi) is 12.0. The molecule has 15 nitrogen and oxygen atoms in total. The standard InChI is InChI=1S/C23H33N5O10/c29-20(30)13-24-5-6-25(14-21(31)32)9-10-27(16-23(35)36)19(12-26(8-7-24)15-22(33)34)11-17-1-3-18(4-2-17)28(37)38/h1-4,19H,5-16H2,(H,29,30)(H,31,32)(H,33,34)(H,35,36)/t19-/m1/s1. The van der Waals surface area contributed by atoms with Gasteiger partial charge in [-0.2, -0.15) is 0 Å². The van der Waals surface area contributed by atoms with Crippen molar-refractivity contribution in [3.05, 3.63) is 39.9 Å². The normalized spacial score (nSPS) is 19.2. The molecule has 0 saturated carbocycles. The number of nitrogens with zero attached hydrogens (tertiary/aromatic N) is 5. The first-order chi connectivity index (χ1) is 17.9. The molecule has 38 heavy (non-hydrogen) atoms. The fourth-order valence-electron chi connectivity index (χ4n) is 4.38. The molecule has 210 valence electrons. The Hall–Kier alpha value is -3.66. The van der Waals surface area contributed by atoms with E-state index in [1.54, 1.807) is 31.7 Å². The van der Waals surface area contributed by atoms with Gasteiger partial charge in [0.15, 0.2) is 0 Å². The summed E-state index contributed by atoms with van der Waals surface area (Å²) in [5.74, 6) is -4.38. The van der Waals surface area contributed by atoms with Crippen LogP contribution in [-0.4, -0.2) is 147 Å². The average molecular weight is 540 g/mol. The number of hydrogen-bond acceptors (Lipinski definition) is 10. The third-order valence-electron chi connectivity index (χ3n) is 6.19. The zero-order valence-electron chi connectivity index (χ0n) is 20.8. The highest BCUT2D eigenvalue weighted by molar-refractivity contribution is 5.70. The van der Waals surface area contributed by atoms with Crippen molar-refractivity contribution in [3.63, 3.8) is 0 Å². The second kappa shape index (κ2) is 14.9. The number of carboxylic acid groups (broad SMARTS) is 4. The summed E-state index contributed by atoms with van der Waals surface area (Å²) in [4.78, 5) is 63.1. The van der Waals surface area contributed by atoms with Gasteiger partial charge in [0.1, 0.15) is 0 Å². The molecular weight excluding hydrogens is 506 g/mol. The van der Waals surface area contributed by atoms with E-state index in [2.05, 4.69) is 0 Å². The van der Waals surface area contributed by atoms with E-state index in [0.717, 1.165) is 0 Å². The molecule has 0 radical (unpaired) electrons. The molecule has 1 heterocycles. The van der Waals surface area contributed by atoms with Gasteiger partial charge < -0.3 is 20.4 Å². The maximum atomic E-state index is 11.7. The zero-order chi connectivity index (χ0) is 28.2. The van der Waals surface area contributed by atoms with Crippen molar-refractivity contribution in [2.45, 2.75) is 12.5 Å². The van der Waals surface area contributed by atoms with Gasteiger partial charge in [-0.25, -0.2) is 0 Å². The van der Waals surface area contributed by atoms with Crippen LogP contribution in [-0.2, 0) is 25.6 Å². The fourth-order valence-corrected chi connectivity index (χ4v) is 4.38. The van der Waals surface area contributed by atoms with E-state index in [9.17, 15) is 49.7 Å². The lowest BCUT2D eigenvalue weighted by Gasteiger charge is -2.37. The molecule has 1 aromatic carbocycles. The van der Waals surface area contributed by atoms with Gasteiger partial charge in [-0.3, -0.25) is 48.9 Å². The molecule has 1 aliphatic rings. The Labute approximate surface area is 218 Å². The minimum absolute atomic E-state index is 0.106. The second-order valence-corrected chi connectivity index (χ2v) is 9.11. The highest BCUT2D eigenvalue weighted by Crippen LogP contribution is 2.17. The van der Waals surface area contributed by atoms with Gasteiger partial charge in [0, 0.05) is 64.0 Å². The van der Waals surface area contributed by atoms with Crippen molar-refractivity contribution in [2.75, 3.05) is 72.0 Å². The lowest BCUT2D eigenvalue weighted by Crippen LogP contribution is -2.53. The lowest BCUT2D eigenvalue weighted by atomic mass is 10.0. The molecule has 1 atom stereocenters. The van der Waals surface area contributed by atoms with Crippen LogP contribution in [0.1, 0.15) is 5.56 Å². The molecule has 15 heteroatoms. The molecular formula is C23H33N5O10. The zero-order valence-corrected chi connectivity index (χ0v) is 20.8. The number of carboxylic acids is 4. The Morgan fingerprint density at radius 1 is 0.711 bits per heavy atom. The summed E-state index contributed by atoms with van der Waals surface area (Å²) in [7, 11) is 0. The van der Waals surface area contributed by atoms with Crippen LogP contribution in [0.3, 0.4) is 0 Å². The first-order valence-corrected chi connectivity index (χ1v) is 11.9. The number of nitro benzene ring substituents is 1. The predicted octanol–water partition coefficient (Wildman–Crippen LogP) is -0.934. The first-order valence-electron chi connectivity index (χ1n) is 11.9. The topological polar surface area (TPSA) is 205 Å². The number of carbonyl (C=O) groups is 4. The van der Waals surface area contributed by atoms with Gasteiger partial charge in [0.05, 0.1) is 31.1 Å². The second-order valence-electron chi connectivity index (χ2n) is 9.11. The molecule has 0 amide bonds. The summed E-state index contributed by atoms with van der Waals surface area (Å²) in [5.41, 5.74) is 0.568. The van der Waals surface area contributed by atoms with Crippen LogP contribution in [0.25, 0.3) is 0 Å². The Morgan fingerprint density at radius 2 is 1.13 bits per heavy atom. The quantitative estimate of drug-likeness (QED) is 0.198. The molecule has 1 aliphatic heterocycles. The number of hydrogen-bond donors (Lipinski definition) is 4. The van der Waals surface area contributed by atoms with Crippen LogP contribution in [0.15, 0.2) is 24.3 Å². The van der Waals surface area contributed by atoms with Gasteiger partial charge in [0.25, 0.3) is 5.69 Å². The van der Waals surface area contributed by atoms with Crippen molar-refractivity contribution >= 4 is 29.6 Å². The van der Waals surface area contributed by atoms with Crippen molar-refractivity contribution in [1.29, 1.82) is 0 Å². The molecule has 0 bridgehead atoms. The van der Waals surface area contributed by atoms with Crippen molar-refractivity contribution < 1.29 is 44.5 Å². The number of rotatable bonds is 11. The summed E-state index contributed by atoms with van der Waals surface area (Å²) >= 11 is 0. The van der Waals surface area contributed by atoms with E-state index in [4.69, 9.17) is 0 Å². The smallest absolute Gasteiger partial charge is 0.317 e. The fraction of sp³-hybridized carbons (Fsp3) is 0.565. The Morgan fingerprint density at radius 3 is 1.58 bits per heavy atom. The van der Waals surface area contributed by atoms with Crippen LogP contribution in [0.2, 0.25) is 0 Å². The number of benzene rings is 1. The molecule has 0 aromatic heterocycles. The monoisotopic (exact) mass is 539 g/mol. The maximum Gasteiger partial charge on any atom is 0.317 e. The van der Waals surface area contributed by atoms with Crippen LogP contribution in [0.5, 0.6) is 0 Å². The average Bonchev–Trinajstić information content (AvgIpc) is 2.80. The highest BCUT2D eigenvalue weighted by atomic mass is 16.6. The number of non-ortho nitro benzene ring substituents is 1. The van der Waals surface area contributed by atoms with E-state index >= 15 is 0 Å². The molecule has 1 saturated heterocycles. The Bertz CT molecular complexity index is 989. The van der Waals surface area contributed by atoms with Gasteiger partial charge in [-0.05, 0) is 12.0 Å². The molecule has 4 N–H and O–H groups in total. The van der Waals surface area contributed by atoms with Crippen molar-refractivity contribution in [3.8, 4) is 0 Å². The minimum Gasteiger partial charge on any atom is -0.480 e. The van der Waals surface area contributed by atoms with Crippen LogP contribution >= 0.6 is 0 Å². The van der Waals surface area contributed by atoms with E-state index in [0.29, 0.717) is 5.56 Å². The molecule has 1 aromatic rings.